The van der Waals surface area contributed by atoms with Gasteiger partial charge in [0, 0.05) is 37.8 Å². The van der Waals surface area contributed by atoms with Crippen LogP contribution in [-0.4, -0.2) is 42.2 Å². The number of morpholine rings is 1. The van der Waals surface area contributed by atoms with Gasteiger partial charge in [0.25, 0.3) is 0 Å². The van der Waals surface area contributed by atoms with Crippen molar-refractivity contribution in [1.82, 2.24) is 9.97 Å². The van der Waals surface area contributed by atoms with Gasteiger partial charge in [-0.3, -0.25) is 4.79 Å². The maximum absolute atomic E-state index is 11.9. The summed E-state index contributed by atoms with van der Waals surface area (Å²) in [5.74, 6) is 2.07. The van der Waals surface area contributed by atoms with Gasteiger partial charge in [0.1, 0.15) is 18.0 Å². The van der Waals surface area contributed by atoms with Crippen molar-refractivity contribution >= 4 is 23.2 Å². The van der Waals surface area contributed by atoms with Gasteiger partial charge < -0.3 is 20.3 Å². The molecule has 7 heteroatoms. The Kier molecular flexibility index (Phi) is 6.59. The van der Waals surface area contributed by atoms with Gasteiger partial charge in [0.2, 0.25) is 5.91 Å². The maximum Gasteiger partial charge on any atom is 0.224 e. The lowest BCUT2D eigenvalue weighted by molar-refractivity contribution is -0.116. The Hall–Kier alpha value is -2.67. The van der Waals surface area contributed by atoms with E-state index in [1.165, 1.54) is 0 Å². The molecule has 1 amide bonds. The molecule has 0 saturated carbocycles. The van der Waals surface area contributed by atoms with Gasteiger partial charge in [-0.15, -0.1) is 0 Å². The highest BCUT2D eigenvalue weighted by atomic mass is 16.5. The molecule has 0 aliphatic carbocycles. The summed E-state index contributed by atoms with van der Waals surface area (Å²) in [5, 5.41) is 6.28. The molecule has 1 aliphatic rings. The van der Waals surface area contributed by atoms with Gasteiger partial charge in [0.15, 0.2) is 0 Å². The molecular weight excluding hydrogens is 342 g/mol. The van der Waals surface area contributed by atoms with E-state index in [4.69, 9.17) is 4.74 Å². The van der Waals surface area contributed by atoms with Crippen LogP contribution in [0.1, 0.15) is 25.8 Å². The summed E-state index contributed by atoms with van der Waals surface area (Å²) in [5.41, 5.74) is 1.89. The Bertz CT molecular complexity index is 760. The van der Waals surface area contributed by atoms with Crippen LogP contribution in [0.4, 0.5) is 17.3 Å². The first-order chi connectivity index (χ1) is 13.1. The number of anilines is 3. The third-order valence-corrected chi connectivity index (χ3v) is 4.27. The summed E-state index contributed by atoms with van der Waals surface area (Å²) in [6.07, 6.45) is 2.10. The van der Waals surface area contributed by atoms with Gasteiger partial charge in [-0.25, -0.2) is 9.97 Å². The monoisotopic (exact) mass is 369 g/mol. The molecule has 144 valence electrons. The van der Waals surface area contributed by atoms with Gasteiger partial charge in [-0.1, -0.05) is 26.0 Å². The van der Waals surface area contributed by atoms with Crippen molar-refractivity contribution in [3.8, 4) is 0 Å². The predicted octanol–water partition coefficient (Wildman–Crippen LogP) is 2.91. The highest BCUT2D eigenvalue weighted by Crippen LogP contribution is 2.17. The SMILES string of the molecule is CC(C)CC(=O)Nc1cccc(CNc2cc(N3CCOCC3)ncn2)c1. The third-order valence-electron chi connectivity index (χ3n) is 4.27. The van der Waals surface area contributed by atoms with Crippen molar-refractivity contribution in [3.05, 3.63) is 42.2 Å². The highest BCUT2D eigenvalue weighted by Gasteiger charge is 2.13. The summed E-state index contributed by atoms with van der Waals surface area (Å²) in [6, 6.07) is 9.81. The average molecular weight is 369 g/mol. The summed E-state index contributed by atoms with van der Waals surface area (Å²) >= 11 is 0. The zero-order chi connectivity index (χ0) is 19.1. The third kappa shape index (κ3) is 5.92. The minimum absolute atomic E-state index is 0.0427. The molecule has 1 saturated heterocycles. The number of ether oxygens (including phenoxy) is 1. The number of carbonyl (C=O) groups excluding carboxylic acids is 1. The van der Waals surface area contributed by atoms with Crippen LogP contribution in [0, 0.1) is 5.92 Å². The summed E-state index contributed by atoms with van der Waals surface area (Å²) in [4.78, 5) is 22.8. The first-order valence-electron chi connectivity index (χ1n) is 9.37. The lowest BCUT2D eigenvalue weighted by Gasteiger charge is -2.27. The van der Waals surface area contributed by atoms with E-state index in [9.17, 15) is 4.79 Å². The van der Waals surface area contributed by atoms with Crippen LogP contribution in [0.25, 0.3) is 0 Å². The zero-order valence-corrected chi connectivity index (χ0v) is 15.9. The van der Waals surface area contributed by atoms with Crippen LogP contribution in [0.3, 0.4) is 0 Å². The van der Waals surface area contributed by atoms with E-state index in [1.54, 1.807) is 6.33 Å². The van der Waals surface area contributed by atoms with E-state index in [0.717, 1.165) is 49.2 Å². The first-order valence-corrected chi connectivity index (χ1v) is 9.37. The van der Waals surface area contributed by atoms with Crippen molar-refractivity contribution in [1.29, 1.82) is 0 Å². The lowest BCUT2D eigenvalue weighted by Crippen LogP contribution is -2.36. The Labute approximate surface area is 160 Å². The second kappa shape index (κ2) is 9.32. The second-order valence-corrected chi connectivity index (χ2v) is 7.06. The van der Waals surface area contributed by atoms with Crippen LogP contribution in [0.5, 0.6) is 0 Å². The molecule has 2 aromatic rings. The summed E-state index contributed by atoms with van der Waals surface area (Å²) in [6.45, 7) is 7.82. The smallest absolute Gasteiger partial charge is 0.224 e. The normalized spacial score (nSPS) is 14.3. The van der Waals surface area contributed by atoms with Gasteiger partial charge >= 0.3 is 0 Å². The molecular formula is C20H27N5O2. The molecule has 2 N–H and O–H groups in total. The molecule has 1 fully saturated rings. The predicted molar refractivity (Wildman–Crippen MR) is 107 cm³/mol. The molecule has 0 unspecified atom stereocenters. The molecule has 1 aromatic heterocycles. The van der Waals surface area contributed by atoms with Crippen LogP contribution in [-0.2, 0) is 16.1 Å². The quantitative estimate of drug-likeness (QED) is 0.781. The van der Waals surface area contributed by atoms with Crippen molar-refractivity contribution in [2.24, 2.45) is 5.92 Å². The Morgan fingerprint density at radius 3 is 2.81 bits per heavy atom. The average Bonchev–Trinajstić information content (AvgIpc) is 2.67. The maximum atomic E-state index is 11.9. The topological polar surface area (TPSA) is 79.4 Å². The molecule has 0 radical (unpaired) electrons. The Morgan fingerprint density at radius 2 is 2.04 bits per heavy atom. The standard InChI is InChI=1S/C20H27N5O2/c1-15(2)10-20(26)24-17-5-3-4-16(11-17)13-21-18-12-19(23-14-22-18)25-6-8-27-9-7-25/h3-5,11-12,14-15H,6-10,13H2,1-2H3,(H,24,26)(H,21,22,23). The van der Waals surface area contributed by atoms with Crippen molar-refractivity contribution in [2.45, 2.75) is 26.8 Å². The zero-order valence-electron chi connectivity index (χ0n) is 15.9. The number of rotatable bonds is 7. The van der Waals surface area contributed by atoms with Gasteiger partial charge in [0.05, 0.1) is 13.2 Å². The number of aromatic nitrogens is 2. The van der Waals surface area contributed by atoms with Crippen molar-refractivity contribution < 1.29 is 9.53 Å². The molecule has 0 bridgehead atoms. The van der Waals surface area contributed by atoms with E-state index < -0.39 is 0 Å². The fraction of sp³-hybridized carbons (Fsp3) is 0.450. The van der Waals surface area contributed by atoms with Crippen LogP contribution < -0.4 is 15.5 Å². The van der Waals surface area contributed by atoms with Crippen LogP contribution in [0.15, 0.2) is 36.7 Å². The fourth-order valence-electron chi connectivity index (χ4n) is 2.94. The van der Waals surface area contributed by atoms with E-state index in [2.05, 4.69) is 25.5 Å². The fourth-order valence-corrected chi connectivity index (χ4v) is 2.94. The van der Waals surface area contributed by atoms with Crippen molar-refractivity contribution in [3.63, 3.8) is 0 Å². The van der Waals surface area contributed by atoms with E-state index in [0.29, 0.717) is 18.9 Å². The number of amides is 1. The minimum Gasteiger partial charge on any atom is -0.378 e. The summed E-state index contributed by atoms with van der Waals surface area (Å²) in [7, 11) is 0. The molecule has 0 spiro atoms. The molecule has 1 aromatic carbocycles. The Balaban J connectivity index is 1.58. The lowest BCUT2D eigenvalue weighted by atomic mass is 10.1. The molecule has 0 atom stereocenters. The number of hydrogen-bond acceptors (Lipinski definition) is 6. The van der Waals surface area contributed by atoms with Gasteiger partial charge in [-0.05, 0) is 23.6 Å². The molecule has 2 heterocycles. The van der Waals surface area contributed by atoms with Gasteiger partial charge in [-0.2, -0.15) is 0 Å². The first kappa shape index (κ1) is 19.1. The number of hydrogen-bond donors (Lipinski definition) is 2. The molecule has 7 nitrogen and oxygen atoms in total. The van der Waals surface area contributed by atoms with Crippen LogP contribution >= 0.6 is 0 Å². The number of nitrogens with one attached hydrogen (secondary N) is 2. The largest absolute Gasteiger partial charge is 0.378 e. The van der Waals surface area contributed by atoms with Crippen LogP contribution in [0.2, 0.25) is 0 Å². The van der Waals surface area contributed by atoms with E-state index >= 15 is 0 Å². The highest BCUT2D eigenvalue weighted by molar-refractivity contribution is 5.90. The molecule has 1 aliphatic heterocycles. The second-order valence-electron chi connectivity index (χ2n) is 7.06. The molecule has 27 heavy (non-hydrogen) atoms. The van der Waals surface area contributed by atoms with Crippen molar-refractivity contribution in [2.75, 3.05) is 41.8 Å². The number of nitrogens with zero attached hydrogens (tertiary/aromatic N) is 3. The minimum atomic E-state index is 0.0427. The summed E-state index contributed by atoms with van der Waals surface area (Å²) < 4.78 is 5.39. The van der Waals surface area contributed by atoms with E-state index in [1.807, 2.05) is 44.2 Å². The number of carbonyl (C=O) groups is 1. The Morgan fingerprint density at radius 1 is 1.22 bits per heavy atom. The number of benzene rings is 1. The van der Waals surface area contributed by atoms with E-state index in [-0.39, 0.29) is 5.91 Å². The molecule has 3 rings (SSSR count).